The van der Waals surface area contributed by atoms with E-state index in [2.05, 4.69) is 35.4 Å². The summed E-state index contributed by atoms with van der Waals surface area (Å²) in [6, 6.07) is 17.5. The molecule has 1 aliphatic heterocycles. The summed E-state index contributed by atoms with van der Waals surface area (Å²) in [6.07, 6.45) is 4.05. The Balaban J connectivity index is 1.33. The number of benzene rings is 3. The first kappa shape index (κ1) is 28.7. The number of aryl methyl sites for hydroxylation is 1. The van der Waals surface area contributed by atoms with E-state index in [4.69, 9.17) is 5.73 Å². The number of unbranched alkanes of at least 4 members (excludes halogenated alkanes) is 1. The van der Waals surface area contributed by atoms with Crippen molar-refractivity contribution in [2.45, 2.75) is 45.6 Å². The minimum atomic E-state index is -0.493. The van der Waals surface area contributed by atoms with Gasteiger partial charge in [0.15, 0.2) is 0 Å². The molecule has 0 saturated heterocycles. The van der Waals surface area contributed by atoms with E-state index < -0.39 is 5.91 Å². The van der Waals surface area contributed by atoms with Gasteiger partial charge in [0.05, 0.1) is 17.6 Å². The van der Waals surface area contributed by atoms with Gasteiger partial charge in [-0.2, -0.15) is 0 Å². The molecular formula is C35H39N5O3. The van der Waals surface area contributed by atoms with Crippen molar-refractivity contribution in [2.75, 3.05) is 32.1 Å². The molecule has 0 bridgehead atoms. The second-order valence-electron chi connectivity index (χ2n) is 12.1. The summed E-state index contributed by atoms with van der Waals surface area (Å²) in [5.41, 5.74) is 14.7. The third-order valence-electron chi connectivity index (χ3n) is 9.02. The highest BCUT2D eigenvalue weighted by Crippen LogP contribution is 2.42. The van der Waals surface area contributed by atoms with Gasteiger partial charge in [-0.15, -0.1) is 0 Å². The lowest BCUT2D eigenvalue weighted by atomic mass is 9.84. The van der Waals surface area contributed by atoms with Crippen LogP contribution < -0.4 is 16.0 Å². The highest BCUT2D eigenvalue weighted by Gasteiger charge is 2.32. The van der Waals surface area contributed by atoms with E-state index in [1.807, 2.05) is 54.3 Å². The maximum absolute atomic E-state index is 13.3. The van der Waals surface area contributed by atoms with Crippen molar-refractivity contribution in [1.29, 1.82) is 0 Å². The van der Waals surface area contributed by atoms with Crippen molar-refractivity contribution in [3.63, 3.8) is 0 Å². The number of fused-ring (bicyclic) bond motifs is 4. The van der Waals surface area contributed by atoms with E-state index in [0.717, 1.165) is 82.4 Å². The van der Waals surface area contributed by atoms with Gasteiger partial charge in [-0.3, -0.25) is 14.4 Å². The zero-order valence-electron chi connectivity index (χ0n) is 25.1. The van der Waals surface area contributed by atoms with Gasteiger partial charge in [-0.25, -0.2) is 0 Å². The smallest absolute Gasteiger partial charge is 0.258 e. The van der Waals surface area contributed by atoms with Gasteiger partial charge in [-0.05, 0) is 106 Å². The first-order valence-electron chi connectivity index (χ1n) is 15.1. The Hall–Kier alpha value is -4.43. The fourth-order valence-corrected chi connectivity index (χ4v) is 6.76. The number of H-pyrrole nitrogens is 1. The lowest BCUT2D eigenvalue weighted by molar-refractivity contribution is -0.125. The number of hydrogen-bond donors (Lipinski definition) is 3. The molecule has 8 nitrogen and oxygen atoms in total. The summed E-state index contributed by atoms with van der Waals surface area (Å²) < 4.78 is 0. The predicted octanol–water partition coefficient (Wildman–Crippen LogP) is 4.97. The maximum Gasteiger partial charge on any atom is 0.258 e. The largest absolute Gasteiger partial charge is 0.366 e. The number of carbonyl (C=O) groups excluding carboxylic acids is 3. The van der Waals surface area contributed by atoms with Crippen molar-refractivity contribution in [2.24, 2.45) is 11.7 Å². The number of nitrogens with one attached hydrogen (secondary N) is 2. The zero-order chi connectivity index (χ0) is 30.2. The van der Waals surface area contributed by atoms with E-state index in [1.165, 1.54) is 0 Å². The van der Waals surface area contributed by atoms with Crippen LogP contribution in [0.1, 0.15) is 62.4 Å². The zero-order valence-corrected chi connectivity index (χ0v) is 25.1. The van der Waals surface area contributed by atoms with Crippen LogP contribution in [-0.2, 0) is 24.2 Å². The number of nitrogens with zero attached hydrogens (tertiary/aromatic N) is 2. The van der Waals surface area contributed by atoms with Crippen LogP contribution in [0.25, 0.3) is 22.0 Å². The molecule has 0 spiro atoms. The van der Waals surface area contributed by atoms with Crippen LogP contribution in [0.3, 0.4) is 0 Å². The van der Waals surface area contributed by atoms with E-state index in [-0.39, 0.29) is 17.7 Å². The second kappa shape index (κ2) is 11.7. The average Bonchev–Trinajstić information content (AvgIpc) is 3.54. The maximum atomic E-state index is 13.3. The fraction of sp³-hybridized carbons (Fsp3) is 0.343. The molecule has 222 valence electrons. The Kier molecular flexibility index (Phi) is 7.79. The molecule has 3 amide bonds. The average molecular weight is 578 g/mol. The molecule has 6 rings (SSSR count). The number of nitrogens with two attached hydrogens (primary N) is 1. The molecule has 1 unspecified atom stereocenters. The van der Waals surface area contributed by atoms with Gasteiger partial charge in [0.25, 0.3) is 11.8 Å². The quantitative estimate of drug-likeness (QED) is 0.244. The highest BCUT2D eigenvalue weighted by molar-refractivity contribution is 6.13. The van der Waals surface area contributed by atoms with Crippen LogP contribution in [0.5, 0.6) is 0 Å². The van der Waals surface area contributed by atoms with Crippen molar-refractivity contribution < 1.29 is 14.4 Å². The normalized spacial score (nSPS) is 16.0. The Morgan fingerprint density at radius 3 is 2.58 bits per heavy atom. The molecular weight excluding hydrogens is 538 g/mol. The fourth-order valence-electron chi connectivity index (χ4n) is 6.76. The van der Waals surface area contributed by atoms with Crippen molar-refractivity contribution >= 4 is 34.3 Å². The molecule has 43 heavy (non-hydrogen) atoms. The number of primary amides is 1. The first-order valence-corrected chi connectivity index (χ1v) is 15.1. The molecule has 1 atom stereocenters. The van der Waals surface area contributed by atoms with Crippen LogP contribution in [0.2, 0.25) is 0 Å². The van der Waals surface area contributed by atoms with Crippen molar-refractivity contribution in [3.8, 4) is 11.1 Å². The monoisotopic (exact) mass is 577 g/mol. The summed E-state index contributed by atoms with van der Waals surface area (Å²) >= 11 is 0. The van der Waals surface area contributed by atoms with Crippen LogP contribution in [-0.4, -0.2) is 54.8 Å². The van der Waals surface area contributed by atoms with E-state index in [9.17, 15) is 14.4 Å². The number of aromatic amines is 1. The Morgan fingerprint density at radius 2 is 1.81 bits per heavy atom. The summed E-state index contributed by atoms with van der Waals surface area (Å²) in [5.74, 6) is -0.522. The predicted molar refractivity (Wildman–Crippen MR) is 170 cm³/mol. The van der Waals surface area contributed by atoms with Gasteiger partial charge < -0.3 is 25.8 Å². The van der Waals surface area contributed by atoms with Gasteiger partial charge in [0.1, 0.15) is 0 Å². The minimum Gasteiger partial charge on any atom is -0.366 e. The van der Waals surface area contributed by atoms with Crippen molar-refractivity contribution in [1.82, 2.24) is 15.2 Å². The highest BCUT2D eigenvalue weighted by atomic mass is 16.2. The van der Waals surface area contributed by atoms with Crippen LogP contribution in [0.15, 0.2) is 54.6 Å². The molecule has 4 aromatic rings. The van der Waals surface area contributed by atoms with Crippen LogP contribution >= 0.6 is 0 Å². The summed E-state index contributed by atoms with van der Waals surface area (Å²) in [5, 5.41) is 4.11. The lowest BCUT2D eigenvalue weighted by Gasteiger charge is -2.23. The molecule has 1 aliphatic carbocycles. The molecule has 0 radical (unpaired) electrons. The minimum absolute atomic E-state index is 0.00566. The Morgan fingerprint density at radius 1 is 1.02 bits per heavy atom. The molecule has 4 N–H and O–H groups in total. The number of rotatable bonds is 9. The molecule has 3 aromatic carbocycles. The molecule has 0 saturated carbocycles. The van der Waals surface area contributed by atoms with E-state index >= 15 is 0 Å². The number of carbonyl (C=O) groups is 3. The summed E-state index contributed by atoms with van der Waals surface area (Å²) in [4.78, 5) is 46.4. The third kappa shape index (κ3) is 5.31. The summed E-state index contributed by atoms with van der Waals surface area (Å²) in [6.45, 7) is 4.27. The number of amides is 3. The standard InChI is InChI=1S/C35H39N5O3/c1-21-24(11-8-12-30(21)40-20-23-9-4-5-10-25(23)35(40)43)26-15-16-28(33(36)41)32-31(26)27-14-13-22(19-29(27)38-32)34(42)37-17-6-7-18-39(2)3/h4-5,8-12,15-16,22,38H,6-7,13-14,17-20H2,1-3H3,(H2,36,41)(H,37,42). The molecule has 2 aliphatic rings. The van der Waals surface area contributed by atoms with E-state index in [1.54, 1.807) is 6.07 Å². The van der Waals surface area contributed by atoms with Crippen LogP contribution in [0.4, 0.5) is 5.69 Å². The number of aromatic nitrogens is 1. The van der Waals surface area contributed by atoms with Gasteiger partial charge >= 0.3 is 0 Å². The third-order valence-corrected chi connectivity index (χ3v) is 9.02. The van der Waals surface area contributed by atoms with Gasteiger partial charge in [-0.1, -0.05) is 36.4 Å². The van der Waals surface area contributed by atoms with Crippen molar-refractivity contribution in [3.05, 3.63) is 88.1 Å². The summed E-state index contributed by atoms with van der Waals surface area (Å²) in [7, 11) is 4.11. The molecule has 8 heteroatoms. The Bertz CT molecular complexity index is 1740. The topological polar surface area (TPSA) is 112 Å². The van der Waals surface area contributed by atoms with Gasteiger partial charge in [0.2, 0.25) is 5.91 Å². The number of hydrogen-bond acceptors (Lipinski definition) is 4. The Labute approximate surface area is 252 Å². The molecule has 2 heterocycles. The number of anilines is 1. The van der Waals surface area contributed by atoms with Gasteiger partial charge in [0, 0.05) is 34.8 Å². The lowest BCUT2D eigenvalue weighted by Crippen LogP contribution is -2.34. The van der Waals surface area contributed by atoms with Crippen LogP contribution in [0, 0.1) is 12.8 Å². The molecule has 1 aromatic heterocycles. The molecule has 0 fully saturated rings. The van der Waals surface area contributed by atoms with E-state index in [0.29, 0.717) is 30.6 Å². The first-order chi connectivity index (χ1) is 20.7. The second-order valence-corrected chi connectivity index (χ2v) is 12.1. The SMILES string of the molecule is Cc1c(-c2ccc(C(N)=O)c3[nH]c4c(c23)CCC(C(=O)NCCCCN(C)C)C4)cccc1N1Cc2ccccc2C1=O.